The minimum Gasteiger partial charge on any atom is -0.340 e. The molecule has 1 N–H and O–H groups in total. The Morgan fingerprint density at radius 1 is 1.43 bits per heavy atom. The number of carbonyl (C=O) groups excluding carboxylic acids is 1. The van der Waals surface area contributed by atoms with Crippen molar-refractivity contribution in [1.29, 1.82) is 0 Å². The largest absolute Gasteiger partial charge is 0.340 e. The summed E-state index contributed by atoms with van der Waals surface area (Å²) in [7, 11) is 0. The van der Waals surface area contributed by atoms with E-state index in [0.717, 1.165) is 69.4 Å². The average Bonchev–Trinajstić information content (AvgIpc) is 2.93. The number of nitrogens with zero attached hydrogens (tertiary/aromatic N) is 3. The van der Waals surface area contributed by atoms with E-state index in [1.165, 1.54) is 0 Å². The zero-order valence-corrected chi connectivity index (χ0v) is 13.5. The van der Waals surface area contributed by atoms with Gasteiger partial charge in [-0.2, -0.15) is 0 Å². The van der Waals surface area contributed by atoms with E-state index in [2.05, 4.69) is 25.5 Å². The summed E-state index contributed by atoms with van der Waals surface area (Å²) in [6.45, 7) is 8.52. The molecule has 0 bridgehead atoms. The van der Waals surface area contributed by atoms with Crippen LogP contribution in [0.4, 0.5) is 0 Å². The molecule has 0 aliphatic carbocycles. The number of aromatic nitrogens is 1. The van der Waals surface area contributed by atoms with Crippen molar-refractivity contribution >= 4 is 17.2 Å². The Morgan fingerprint density at radius 2 is 2.24 bits per heavy atom. The van der Waals surface area contributed by atoms with Crippen LogP contribution < -0.4 is 5.32 Å². The number of nitrogens with one attached hydrogen (secondary N) is 1. The van der Waals surface area contributed by atoms with Crippen LogP contribution in [0.1, 0.15) is 23.5 Å². The highest BCUT2D eigenvalue weighted by Crippen LogP contribution is 2.16. The predicted octanol–water partition coefficient (Wildman–Crippen LogP) is 1.10. The lowest BCUT2D eigenvalue weighted by molar-refractivity contribution is -0.137. The molecule has 0 spiro atoms. The Kier molecular flexibility index (Phi) is 4.87. The summed E-state index contributed by atoms with van der Waals surface area (Å²) < 4.78 is 0. The summed E-state index contributed by atoms with van der Waals surface area (Å²) in [6, 6.07) is 0. The van der Waals surface area contributed by atoms with Crippen molar-refractivity contribution in [3.05, 3.63) is 16.1 Å². The standard InChI is InChI=1S/C15H24N4OS/c1-12-17-14(11-21-12)10-18-5-7-19(8-6-18)15(20)13-3-2-4-16-9-13/h11,13,16H,2-10H2,1H3/t13-/m0/s1. The molecule has 6 heteroatoms. The second-order valence-corrected chi connectivity index (χ2v) is 7.06. The van der Waals surface area contributed by atoms with Gasteiger partial charge in [-0.05, 0) is 26.3 Å². The molecule has 0 saturated carbocycles. The lowest BCUT2D eigenvalue weighted by Gasteiger charge is -2.37. The summed E-state index contributed by atoms with van der Waals surface area (Å²) in [5.41, 5.74) is 1.16. The van der Waals surface area contributed by atoms with Gasteiger partial charge < -0.3 is 10.2 Å². The fourth-order valence-electron chi connectivity index (χ4n) is 3.16. The van der Waals surface area contributed by atoms with Crippen LogP contribution in [0.15, 0.2) is 5.38 Å². The van der Waals surface area contributed by atoms with Crippen molar-refractivity contribution in [2.24, 2.45) is 5.92 Å². The Hall–Kier alpha value is -0.980. The second kappa shape index (κ2) is 6.85. The van der Waals surface area contributed by atoms with Crippen LogP contribution in [0.3, 0.4) is 0 Å². The Labute approximate surface area is 130 Å². The molecule has 116 valence electrons. The Bertz CT molecular complexity index is 476. The van der Waals surface area contributed by atoms with E-state index in [1.807, 2.05) is 6.92 Å². The lowest BCUT2D eigenvalue weighted by atomic mass is 9.98. The first kappa shape index (κ1) is 14.9. The molecule has 1 atom stereocenters. The maximum Gasteiger partial charge on any atom is 0.227 e. The van der Waals surface area contributed by atoms with Crippen molar-refractivity contribution in [2.45, 2.75) is 26.3 Å². The molecule has 21 heavy (non-hydrogen) atoms. The van der Waals surface area contributed by atoms with Gasteiger partial charge in [0.05, 0.1) is 16.6 Å². The van der Waals surface area contributed by atoms with Crippen LogP contribution in [0.5, 0.6) is 0 Å². The van der Waals surface area contributed by atoms with E-state index in [9.17, 15) is 4.79 Å². The number of piperidine rings is 1. The van der Waals surface area contributed by atoms with Gasteiger partial charge in [-0.1, -0.05) is 0 Å². The maximum absolute atomic E-state index is 12.5. The third-order valence-electron chi connectivity index (χ3n) is 4.38. The SMILES string of the molecule is Cc1nc(CN2CCN(C(=O)[C@H]3CCCNC3)CC2)cs1. The van der Waals surface area contributed by atoms with Crippen LogP contribution >= 0.6 is 11.3 Å². The predicted molar refractivity (Wildman–Crippen MR) is 84.3 cm³/mol. The molecule has 1 amide bonds. The minimum absolute atomic E-state index is 0.200. The first-order valence-corrected chi connectivity index (χ1v) is 8.73. The van der Waals surface area contributed by atoms with E-state index < -0.39 is 0 Å². The molecular formula is C15H24N4OS. The molecule has 5 nitrogen and oxygen atoms in total. The van der Waals surface area contributed by atoms with E-state index in [-0.39, 0.29) is 5.92 Å². The van der Waals surface area contributed by atoms with E-state index >= 15 is 0 Å². The summed E-state index contributed by atoms with van der Waals surface area (Å²) in [5.74, 6) is 0.554. The average molecular weight is 308 g/mol. The third kappa shape index (κ3) is 3.81. The first-order valence-electron chi connectivity index (χ1n) is 7.85. The summed E-state index contributed by atoms with van der Waals surface area (Å²) in [6.07, 6.45) is 2.17. The molecule has 1 aromatic rings. The van der Waals surface area contributed by atoms with E-state index in [0.29, 0.717) is 5.91 Å². The molecule has 3 rings (SSSR count). The Balaban J connectivity index is 1.47. The molecule has 1 aromatic heterocycles. The monoisotopic (exact) mass is 308 g/mol. The number of carbonyl (C=O) groups is 1. The van der Waals surface area contributed by atoms with Gasteiger partial charge in [0.25, 0.3) is 0 Å². The van der Waals surface area contributed by atoms with Crippen molar-refractivity contribution < 1.29 is 4.79 Å². The summed E-state index contributed by atoms with van der Waals surface area (Å²) in [4.78, 5) is 21.5. The number of hydrogen-bond acceptors (Lipinski definition) is 5. The highest BCUT2D eigenvalue weighted by atomic mass is 32.1. The first-order chi connectivity index (χ1) is 10.2. The lowest BCUT2D eigenvalue weighted by Crippen LogP contribution is -2.51. The van der Waals surface area contributed by atoms with Gasteiger partial charge in [0.2, 0.25) is 5.91 Å². The minimum atomic E-state index is 0.200. The zero-order valence-electron chi connectivity index (χ0n) is 12.7. The third-order valence-corrected chi connectivity index (χ3v) is 5.20. The zero-order chi connectivity index (χ0) is 14.7. The van der Waals surface area contributed by atoms with Gasteiger partial charge in [0.15, 0.2) is 0 Å². The normalized spacial score (nSPS) is 24.2. The number of thiazole rings is 1. The van der Waals surface area contributed by atoms with Crippen LogP contribution in [0, 0.1) is 12.8 Å². The van der Waals surface area contributed by atoms with E-state index in [1.54, 1.807) is 11.3 Å². The van der Waals surface area contributed by atoms with Crippen LogP contribution in [-0.4, -0.2) is 60.0 Å². The molecule has 0 aromatic carbocycles. The summed E-state index contributed by atoms with van der Waals surface area (Å²) in [5, 5.41) is 6.60. The van der Waals surface area contributed by atoms with Crippen molar-refractivity contribution in [3.63, 3.8) is 0 Å². The Morgan fingerprint density at radius 3 is 2.86 bits per heavy atom. The molecule has 2 saturated heterocycles. The fraction of sp³-hybridized carbons (Fsp3) is 0.733. The molecular weight excluding hydrogens is 284 g/mol. The molecule has 3 heterocycles. The van der Waals surface area contributed by atoms with Crippen molar-refractivity contribution in [2.75, 3.05) is 39.3 Å². The van der Waals surface area contributed by atoms with Gasteiger partial charge in [0, 0.05) is 44.6 Å². The number of piperazine rings is 1. The number of aryl methyl sites for hydroxylation is 1. The maximum atomic E-state index is 12.5. The molecule has 0 unspecified atom stereocenters. The topological polar surface area (TPSA) is 48.5 Å². The second-order valence-electron chi connectivity index (χ2n) is 6.00. The van der Waals surface area contributed by atoms with Gasteiger partial charge in [-0.3, -0.25) is 9.69 Å². The van der Waals surface area contributed by atoms with Crippen molar-refractivity contribution in [3.8, 4) is 0 Å². The van der Waals surface area contributed by atoms with Crippen molar-refractivity contribution in [1.82, 2.24) is 20.1 Å². The quantitative estimate of drug-likeness (QED) is 0.908. The smallest absolute Gasteiger partial charge is 0.227 e. The van der Waals surface area contributed by atoms with Crippen LogP contribution in [-0.2, 0) is 11.3 Å². The molecule has 0 radical (unpaired) electrons. The molecule has 2 aliphatic heterocycles. The van der Waals surface area contributed by atoms with Gasteiger partial charge >= 0.3 is 0 Å². The van der Waals surface area contributed by atoms with Gasteiger partial charge in [0.1, 0.15) is 0 Å². The highest BCUT2D eigenvalue weighted by Gasteiger charge is 2.28. The van der Waals surface area contributed by atoms with Crippen LogP contribution in [0.2, 0.25) is 0 Å². The summed E-state index contributed by atoms with van der Waals surface area (Å²) >= 11 is 1.71. The van der Waals surface area contributed by atoms with Crippen LogP contribution in [0.25, 0.3) is 0 Å². The fourth-order valence-corrected chi connectivity index (χ4v) is 3.76. The van der Waals surface area contributed by atoms with E-state index in [4.69, 9.17) is 0 Å². The van der Waals surface area contributed by atoms with Gasteiger partial charge in [-0.25, -0.2) is 4.98 Å². The molecule has 2 fully saturated rings. The van der Waals surface area contributed by atoms with Gasteiger partial charge in [-0.15, -0.1) is 11.3 Å². The number of rotatable bonds is 3. The highest BCUT2D eigenvalue weighted by molar-refractivity contribution is 7.09. The number of hydrogen-bond donors (Lipinski definition) is 1. The molecule has 2 aliphatic rings. The number of amides is 1.